The van der Waals surface area contributed by atoms with E-state index in [-0.39, 0.29) is 17.2 Å². The third-order valence-electron chi connectivity index (χ3n) is 6.80. The van der Waals surface area contributed by atoms with Crippen LogP contribution in [-0.4, -0.2) is 39.2 Å². The minimum atomic E-state index is -0.944. The molecule has 160 valence electrons. The zero-order chi connectivity index (χ0) is 21.3. The molecular formula is C22H27N3O4S. The standard InChI is InChI=1S/C22H27N3O4S/c1-12-10-22(12,19-23-20(30)29-24-19)25-16-5-4-13(8-15(16)9-17(25)18(26)27)14-6-7-28-21(2,3)11-14/h4-5,8-9,12,14,20,30H,6-7,10-11H2,1-3H3,(H,23,24)(H,26,27)/t12-,14-,20-,22-/m0/s1. The first-order chi connectivity index (χ1) is 14.2. The fraction of sp³-hybridized carbons (Fsp3) is 0.545. The van der Waals surface area contributed by atoms with E-state index in [0.29, 0.717) is 11.8 Å². The van der Waals surface area contributed by atoms with E-state index in [1.54, 1.807) is 6.07 Å². The van der Waals surface area contributed by atoms with Gasteiger partial charge in [0.15, 0.2) is 5.84 Å². The summed E-state index contributed by atoms with van der Waals surface area (Å²) in [5, 5.41) is 10.9. The fourth-order valence-electron chi connectivity index (χ4n) is 5.22. The minimum absolute atomic E-state index is 0.140. The Bertz CT molecular complexity index is 1060. The number of hydroxylamine groups is 1. The molecule has 0 bridgehead atoms. The molecule has 1 aromatic heterocycles. The van der Waals surface area contributed by atoms with Gasteiger partial charge in [-0.3, -0.25) is 0 Å². The predicted molar refractivity (Wildman–Crippen MR) is 117 cm³/mol. The first-order valence-corrected chi connectivity index (χ1v) is 10.9. The second kappa shape index (κ2) is 6.73. The molecule has 1 aromatic carbocycles. The van der Waals surface area contributed by atoms with Gasteiger partial charge < -0.3 is 14.4 Å². The molecular weight excluding hydrogens is 402 g/mol. The summed E-state index contributed by atoms with van der Waals surface area (Å²) < 4.78 is 7.79. The molecule has 0 radical (unpaired) electrons. The van der Waals surface area contributed by atoms with Gasteiger partial charge in [0, 0.05) is 17.5 Å². The Hall–Kier alpha value is -2.03. The summed E-state index contributed by atoms with van der Waals surface area (Å²) in [7, 11) is 0. The molecule has 1 aliphatic carbocycles. The number of nitrogens with zero attached hydrogens (tertiary/aromatic N) is 2. The number of carboxylic acids is 1. The highest BCUT2D eigenvalue weighted by Gasteiger charge is 2.60. The second-order valence-electron chi connectivity index (χ2n) is 9.34. The van der Waals surface area contributed by atoms with E-state index < -0.39 is 17.1 Å². The van der Waals surface area contributed by atoms with Crippen LogP contribution in [-0.2, 0) is 15.1 Å². The largest absolute Gasteiger partial charge is 0.477 e. The van der Waals surface area contributed by atoms with Gasteiger partial charge in [0.25, 0.3) is 0 Å². The predicted octanol–water partition coefficient (Wildman–Crippen LogP) is 3.89. The van der Waals surface area contributed by atoms with Crippen molar-refractivity contribution < 1.29 is 19.5 Å². The van der Waals surface area contributed by atoms with Gasteiger partial charge >= 0.3 is 5.97 Å². The highest BCUT2D eigenvalue weighted by Crippen LogP contribution is 2.54. The molecule has 7 nitrogen and oxygen atoms in total. The Labute approximate surface area is 180 Å². The monoisotopic (exact) mass is 429 g/mol. The summed E-state index contributed by atoms with van der Waals surface area (Å²) in [4.78, 5) is 21.9. The van der Waals surface area contributed by atoms with E-state index in [4.69, 9.17) is 9.57 Å². The Kier molecular flexibility index (Phi) is 4.47. The van der Waals surface area contributed by atoms with E-state index in [1.807, 2.05) is 4.57 Å². The lowest BCUT2D eigenvalue weighted by atomic mass is 9.83. The zero-order valence-electron chi connectivity index (χ0n) is 17.4. The molecule has 2 aliphatic heterocycles. The minimum Gasteiger partial charge on any atom is -0.477 e. The summed E-state index contributed by atoms with van der Waals surface area (Å²) >= 11 is 4.26. The fourth-order valence-corrected chi connectivity index (χ4v) is 5.39. The maximum absolute atomic E-state index is 12.2. The van der Waals surface area contributed by atoms with E-state index >= 15 is 0 Å². The molecule has 5 rings (SSSR count). The number of aromatic nitrogens is 1. The summed E-state index contributed by atoms with van der Waals surface area (Å²) in [6.45, 7) is 7.10. The summed E-state index contributed by atoms with van der Waals surface area (Å²) in [5.74, 6) is 0.337. The van der Waals surface area contributed by atoms with Gasteiger partial charge in [-0.05, 0) is 68.7 Å². The van der Waals surface area contributed by atoms with E-state index in [9.17, 15) is 9.90 Å². The van der Waals surface area contributed by atoms with Crippen LogP contribution in [0, 0.1) is 5.92 Å². The molecule has 4 atom stereocenters. The van der Waals surface area contributed by atoms with Crippen LogP contribution in [0.2, 0.25) is 0 Å². The maximum atomic E-state index is 12.2. The second-order valence-corrected chi connectivity index (χ2v) is 9.78. The number of benzene rings is 1. The van der Waals surface area contributed by atoms with Crippen molar-refractivity contribution in [1.82, 2.24) is 10.0 Å². The van der Waals surface area contributed by atoms with Gasteiger partial charge in [0.1, 0.15) is 11.2 Å². The number of fused-ring (bicyclic) bond motifs is 1. The van der Waals surface area contributed by atoms with E-state index in [0.717, 1.165) is 36.8 Å². The van der Waals surface area contributed by atoms with Crippen molar-refractivity contribution in [3.63, 3.8) is 0 Å². The topological polar surface area (TPSA) is 85.1 Å². The van der Waals surface area contributed by atoms with Crippen molar-refractivity contribution >= 4 is 35.3 Å². The van der Waals surface area contributed by atoms with Crippen LogP contribution in [0.15, 0.2) is 29.3 Å². The molecule has 3 heterocycles. The summed E-state index contributed by atoms with van der Waals surface area (Å²) in [5.41, 5.74) is 4.02. The lowest BCUT2D eigenvalue weighted by Gasteiger charge is -2.35. The van der Waals surface area contributed by atoms with Gasteiger partial charge in [0.2, 0.25) is 5.56 Å². The van der Waals surface area contributed by atoms with Gasteiger partial charge in [0.05, 0.1) is 5.60 Å². The van der Waals surface area contributed by atoms with Crippen LogP contribution in [0.5, 0.6) is 0 Å². The molecule has 0 amide bonds. The number of thiol groups is 1. The zero-order valence-corrected chi connectivity index (χ0v) is 18.3. The Morgan fingerprint density at radius 2 is 2.10 bits per heavy atom. The summed E-state index contributed by atoms with van der Waals surface area (Å²) in [6, 6.07) is 8.12. The van der Waals surface area contributed by atoms with Crippen LogP contribution in [0.4, 0.5) is 0 Å². The molecule has 0 unspecified atom stereocenters. The molecule has 2 N–H and O–H groups in total. The highest BCUT2D eigenvalue weighted by atomic mass is 32.1. The number of rotatable bonds is 4. The molecule has 3 aliphatic rings. The molecule has 1 saturated heterocycles. The van der Waals surface area contributed by atoms with Crippen molar-refractivity contribution in [2.75, 3.05) is 6.61 Å². The molecule has 2 aromatic rings. The first-order valence-electron chi connectivity index (χ1n) is 10.4. The number of ether oxygens (including phenoxy) is 1. The van der Waals surface area contributed by atoms with E-state index in [1.165, 1.54) is 5.56 Å². The molecule has 1 saturated carbocycles. The van der Waals surface area contributed by atoms with Crippen LogP contribution in [0.3, 0.4) is 0 Å². The van der Waals surface area contributed by atoms with E-state index in [2.05, 4.69) is 62.1 Å². The first kappa shape index (κ1) is 19.9. The van der Waals surface area contributed by atoms with Gasteiger partial charge in [-0.1, -0.05) is 13.0 Å². The molecule has 30 heavy (non-hydrogen) atoms. The Balaban J connectivity index is 1.62. The summed E-state index contributed by atoms with van der Waals surface area (Å²) in [6.07, 6.45) is 2.72. The van der Waals surface area contributed by atoms with Crippen molar-refractivity contribution in [3.05, 3.63) is 35.5 Å². The van der Waals surface area contributed by atoms with Crippen molar-refractivity contribution in [2.24, 2.45) is 10.9 Å². The van der Waals surface area contributed by atoms with Gasteiger partial charge in [-0.25, -0.2) is 20.1 Å². The van der Waals surface area contributed by atoms with Crippen LogP contribution in [0.1, 0.15) is 62.0 Å². The van der Waals surface area contributed by atoms with Gasteiger partial charge in [-0.15, -0.1) is 12.6 Å². The average molecular weight is 430 g/mol. The average Bonchev–Trinajstić information content (AvgIpc) is 3.03. The molecule has 2 fully saturated rings. The number of hydrogen-bond donors (Lipinski definition) is 3. The third kappa shape index (κ3) is 3.04. The number of aromatic carboxylic acids is 1. The smallest absolute Gasteiger partial charge is 0.352 e. The highest BCUT2D eigenvalue weighted by molar-refractivity contribution is 7.80. The number of aliphatic imine (C=N–C) groups is 1. The van der Waals surface area contributed by atoms with Gasteiger partial charge in [-0.2, -0.15) is 0 Å². The lowest BCUT2D eigenvalue weighted by molar-refractivity contribution is -0.0592. The Morgan fingerprint density at radius 1 is 1.33 bits per heavy atom. The molecule has 8 heteroatoms. The van der Waals surface area contributed by atoms with Crippen LogP contribution >= 0.6 is 12.6 Å². The lowest BCUT2D eigenvalue weighted by Crippen LogP contribution is -2.38. The van der Waals surface area contributed by atoms with Crippen LogP contribution < -0.4 is 5.48 Å². The number of carbonyl (C=O) groups is 1. The Morgan fingerprint density at radius 3 is 2.70 bits per heavy atom. The SMILES string of the molecule is C[C@H]1C[C@]1(C1=N[C@H](S)ON1)n1c(C(=O)O)cc2cc([C@H]3CCOC(C)(C)C3)ccc21. The van der Waals surface area contributed by atoms with Crippen LogP contribution in [0.25, 0.3) is 10.9 Å². The van der Waals surface area contributed by atoms with Crippen molar-refractivity contribution in [1.29, 1.82) is 0 Å². The number of amidine groups is 1. The van der Waals surface area contributed by atoms with Crippen molar-refractivity contribution in [2.45, 2.75) is 62.7 Å². The normalized spacial score (nSPS) is 32.7. The number of carboxylic acid groups (broad SMARTS) is 1. The number of nitrogens with one attached hydrogen (secondary N) is 1. The number of hydrogen-bond acceptors (Lipinski definition) is 6. The molecule has 0 spiro atoms. The van der Waals surface area contributed by atoms with Crippen molar-refractivity contribution in [3.8, 4) is 0 Å². The maximum Gasteiger partial charge on any atom is 0.352 e. The third-order valence-corrected chi connectivity index (χ3v) is 7.02. The quantitative estimate of drug-likeness (QED) is 0.642.